The first-order valence-electron chi connectivity index (χ1n) is 6.44. The number of amides is 1. The van der Waals surface area contributed by atoms with Crippen molar-refractivity contribution in [2.24, 2.45) is 0 Å². The van der Waals surface area contributed by atoms with Crippen molar-refractivity contribution in [1.29, 1.82) is 0 Å². The van der Waals surface area contributed by atoms with E-state index in [4.69, 9.17) is 11.6 Å². The number of anilines is 1. The number of nitrogens with one attached hydrogen (secondary N) is 2. The summed E-state index contributed by atoms with van der Waals surface area (Å²) in [7, 11) is -2.87. The van der Waals surface area contributed by atoms with Crippen LogP contribution in [0.15, 0.2) is 24.3 Å². The predicted octanol–water partition coefficient (Wildman–Crippen LogP) is 1.45. The summed E-state index contributed by atoms with van der Waals surface area (Å²) in [5.41, 5.74) is 0.697. The van der Waals surface area contributed by atoms with E-state index in [0.717, 1.165) is 0 Å². The molecule has 0 aromatic heterocycles. The molecule has 1 aliphatic rings. The highest BCUT2D eigenvalue weighted by atomic mass is 35.5. The zero-order valence-corrected chi connectivity index (χ0v) is 12.5. The zero-order chi connectivity index (χ0) is 14.6. The van der Waals surface area contributed by atoms with Gasteiger partial charge >= 0.3 is 0 Å². The number of carbonyl (C=O) groups is 1. The third-order valence-corrected chi connectivity index (χ3v) is 5.17. The van der Waals surface area contributed by atoms with Gasteiger partial charge in [0.05, 0.1) is 11.5 Å². The van der Waals surface area contributed by atoms with Crippen LogP contribution in [0.1, 0.15) is 12.8 Å². The second kappa shape index (κ2) is 6.56. The Labute approximate surface area is 123 Å². The summed E-state index contributed by atoms with van der Waals surface area (Å²) < 4.78 is 22.6. The first-order chi connectivity index (χ1) is 9.44. The molecule has 20 heavy (non-hydrogen) atoms. The number of halogens is 1. The summed E-state index contributed by atoms with van der Waals surface area (Å²) in [6.45, 7) is 0.472. The summed E-state index contributed by atoms with van der Waals surface area (Å²) in [6.07, 6.45) is 0.931. The fourth-order valence-corrected chi connectivity index (χ4v) is 3.94. The van der Waals surface area contributed by atoms with E-state index in [9.17, 15) is 13.2 Å². The molecule has 2 rings (SSSR count). The molecule has 0 saturated carbocycles. The van der Waals surface area contributed by atoms with E-state index < -0.39 is 9.84 Å². The van der Waals surface area contributed by atoms with Crippen molar-refractivity contribution in [3.05, 3.63) is 29.3 Å². The van der Waals surface area contributed by atoms with Crippen LogP contribution in [0.2, 0.25) is 5.02 Å². The summed E-state index contributed by atoms with van der Waals surface area (Å²) in [4.78, 5) is 11.7. The van der Waals surface area contributed by atoms with Crippen molar-refractivity contribution >= 4 is 33.0 Å². The molecule has 1 atom stereocenters. The average molecular weight is 317 g/mol. The van der Waals surface area contributed by atoms with Gasteiger partial charge in [-0.2, -0.15) is 0 Å². The van der Waals surface area contributed by atoms with Gasteiger partial charge in [0.15, 0.2) is 9.84 Å². The summed E-state index contributed by atoms with van der Waals surface area (Å²) in [5, 5.41) is 6.47. The molecule has 1 amide bonds. The normalized spacial score (nSPS) is 20.8. The molecule has 0 bridgehead atoms. The molecule has 0 aliphatic carbocycles. The Morgan fingerprint density at radius 3 is 2.60 bits per heavy atom. The van der Waals surface area contributed by atoms with E-state index in [1.165, 1.54) is 0 Å². The minimum absolute atomic E-state index is 0.0247. The average Bonchev–Trinajstić information content (AvgIpc) is 2.72. The van der Waals surface area contributed by atoms with Crippen molar-refractivity contribution in [1.82, 2.24) is 5.32 Å². The Kier molecular flexibility index (Phi) is 5.01. The van der Waals surface area contributed by atoms with Crippen LogP contribution in [0, 0.1) is 0 Å². The first-order valence-corrected chi connectivity index (χ1v) is 8.64. The highest BCUT2D eigenvalue weighted by molar-refractivity contribution is 7.91. The fraction of sp³-hybridized carbons (Fsp3) is 0.462. The number of hydrogen-bond acceptors (Lipinski definition) is 4. The number of benzene rings is 1. The molecule has 1 unspecified atom stereocenters. The van der Waals surface area contributed by atoms with Gasteiger partial charge in [0.2, 0.25) is 5.91 Å². The van der Waals surface area contributed by atoms with Gasteiger partial charge in [-0.05, 0) is 30.7 Å². The molecule has 2 N–H and O–H groups in total. The van der Waals surface area contributed by atoms with Crippen LogP contribution in [0.4, 0.5) is 5.69 Å². The van der Waals surface area contributed by atoms with Crippen LogP contribution in [0.3, 0.4) is 0 Å². The second-order valence-corrected chi connectivity index (χ2v) is 7.52. The Morgan fingerprint density at radius 1 is 1.30 bits per heavy atom. The van der Waals surface area contributed by atoms with Gasteiger partial charge in [0, 0.05) is 29.7 Å². The third kappa shape index (κ3) is 4.77. The maximum atomic E-state index is 11.7. The molecule has 7 heteroatoms. The molecule has 1 aliphatic heterocycles. The Bertz CT molecular complexity index is 572. The molecule has 1 aromatic carbocycles. The van der Waals surface area contributed by atoms with Crippen molar-refractivity contribution in [3.63, 3.8) is 0 Å². The van der Waals surface area contributed by atoms with Crippen molar-refractivity contribution in [3.8, 4) is 0 Å². The maximum absolute atomic E-state index is 11.7. The number of hydrogen-bond donors (Lipinski definition) is 2. The Balaban J connectivity index is 1.69. The van der Waals surface area contributed by atoms with Crippen LogP contribution in [-0.2, 0) is 14.6 Å². The van der Waals surface area contributed by atoms with Gasteiger partial charge in [0.1, 0.15) is 0 Å². The Hall–Kier alpha value is -1.11. The van der Waals surface area contributed by atoms with Gasteiger partial charge in [-0.25, -0.2) is 8.42 Å². The van der Waals surface area contributed by atoms with Gasteiger partial charge in [-0.3, -0.25) is 4.79 Å². The lowest BCUT2D eigenvalue weighted by Gasteiger charge is -2.10. The predicted molar refractivity (Wildman–Crippen MR) is 79.8 cm³/mol. The lowest BCUT2D eigenvalue weighted by Crippen LogP contribution is -2.32. The van der Waals surface area contributed by atoms with Gasteiger partial charge in [-0.1, -0.05) is 11.6 Å². The van der Waals surface area contributed by atoms with Crippen LogP contribution < -0.4 is 10.6 Å². The maximum Gasteiger partial charge on any atom is 0.225 e. The summed E-state index contributed by atoms with van der Waals surface area (Å²) >= 11 is 5.76. The largest absolute Gasteiger partial charge is 0.326 e. The molecule has 0 spiro atoms. The minimum Gasteiger partial charge on any atom is -0.326 e. The second-order valence-electron chi connectivity index (χ2n) is 4.86. The van der Waals surface area contributed by atoms with Gasteiger partial charge < -0.3 is 10.6 Å². The van der Waals surface area contributed by atoms with E-state index in [-0.39, 0.29) is 23.5 Å². The standard InChI is InChI=1S/C13H17ClN2O3S/c14-10-1-3-11(4-2-10)16-13(17)5-7-15-12-6-8-20(18,19)9-12/h1-4,12,15H,5-9H2,(H,16,17). The molecular weight excluding hydrogens is 300 g/mol. The molecule has 110 valence electrons. The zero-order valence-electron chi connectivity index (χ0n) is 10.9. The van der Waals surface area contributed by atoms with Crippen LogP contribution in [0.5, 0.6) is 0 Å². The SMILES string of the molecule is O=C(CCNC1CCS(=O)(=O)C1)Nc1ccc(Cl)cc1. The highest BCUT2D eigenvalue weighted by Crippen LogP contribution is 2.14. The van der Waals surface area contributed by atoms with E-state index in [2.05, 4.69) is 10.6 Å². The summed E-state index contributed by atoms with van der Waals surface area (Å²) in [5.74, 6) is 0.300. The van der Waals surface area contributed by atoms with Crippen molar-refractivity contribution < 1.29 is 13.2 Å². The third-order valence-electron chi connectivity index (χ3n) is 3.15. The Morgan fingerprint density at radius 2 is 2.00 bits per heavy atom. The van der Waals surface area contributed by atoms with Gasteiger partial charge in [-0.15, -0.1) is 0 Å². The summed E-state index contributed by atoms with van der Waals surface area (Å²) in [6, 6.07) is 6.86. The molecule has 1 aromatic rings. The van der Waals surface area contributed by atoms with E-state index >= 15 is 0 Å². The molecule has 1 fully saturated rings. The van der Waals surface area contributed by atoms with Crippen LogP contribution >= 0.6 is 11.6 Å². The first kappa shape index (κ1) is 15.3. The van der Waals surface area contributed by atoms with E-state index in [1.807, 2.05) is 0 Å². The smallest absolute Gasteiger partial charge is 0.225 e. The van der Waals surface area contributed by atoms with Crippen molar-refractivity contribution in [2.45, 2.75) is 18.9 Å². The van der Waals surface area contributed by atoms with E-state index in [1.54, 1.807) is 24.3 Å². The highest BCUT2D eigenvalue weighted by Gasteiger charge is 2.27. The lowest BCUT2D eigenvalue weighted by atomic mass is 10.2. The number of rotatable bonds is 5. The lowest BCUT2D eigenvalue weighted by molar-refractivity contribution is -0.116. The van der Waals surface area contributed by atoms with Gasteiger partial charge in [0.25, 0.3) is 0 Å². The molecule has 5 nitrogen and oxygen atoms in total. The minimum atomic E-state index is -2.87. The van der Waals surface area contributed by atoms with Crippen LogP contribution in [-0.4, -0.2) is 38.4 Å². The molecular formula is C13H17ClN2O3S. The van der Waals surface area contributed by atoms with Crippen LogP contribution in [0.25, 0.3) is 0 Å². The fourth-order valence-electron chi connectivity index (χ4n) is 2.10. The quantitative estimate of drug-likeness (QED) is 0.862. The topological polar surface area (TPSA) is 75.3 Å². The monoisotopic (exact) mass is 316 g/mol. The molecule has 1 heterocycles. The molecule has 0 radical (unpaired) electrons. The molecule has 1 saturated heterocycles. The number of carbonyl (C=O) groups excluding carboxylic acids is 1. The van der Waals surface area contributed by atoms with Crippen molar-refractivity contribution in [2.75, 3.05) is 23.4 Å². The number of sulfone groups is 1. The van der Waals surface area contributed by atoms with E-state index in [0.29, 0.717) is 30.1 Å².